The number of urea groups is 1. The average molecular weight is 302 g/mol. The zero-order valence-electron chi connectivity index (χ0n) is 11.6. The van der Waals surface area contributed by atoms with E-state index in [9.17, 15) is 26.9 Å². The molecule has 0 aromatic heterocycles. The molecule has 116 valence electrons. The SMILES string of the molecule is CNC(=[O+][N+]1(C)C(=O)CCC1=O)N(C)C.F[B-](F)(F)F. The van der Waals surface area contributed by atoms with Gasteiger partial charge in [-0.3, -0.25) is 10.2 Å². The molecule has 0 aromatic rings. The van der Waals surface area contributed by atoms with Gasteiger partial charge in [-0.15, -0.1) is 0 Å². The molecule has 1 aliphatic rings. The summed E-state index contributed by atoms with van der Waals surface area (Å²) in [4.78, 5) is 24.8. The van der Waals surface area contributed by atoms with Gasteiger partial charge in [0, 0.05) is 25.7 Å². The Morgan fingerprint density at radius 3 is 1.80 bits per heavy atom. The summed E-state index contributed by atoms with van der Waals surface area (Å²) in [7, 11) is 0.678. The number of halogens is 4. The van der Waals surface area contributed by atoms with Crippen molar-refractivity contribution in [2.24, 2.45) is 0 Å². The van der Waals surface area contributed by atoms with Crippen molar-refractivity contribution in [1.82, 2.24) is 10.2 Å². The summed E-state index contributed by atoms with van der Waals surface area (Å²) >= 11 is 0. The first-order valence-corrected chi connectivity index (χ1v) is 5.64. The van der Waals surface area contributed by atoms with Crippen molar-refractivity contribution < 1.29 is 36.0 Å². The lowest BCUT2D eigenvalue weighted by Crippen LogP contribution is -2.45. The molecule has 0 bridgehead atoms. The number of rotatable bonds is 1. The first-order valence-electron chi connectivity index (χ1n) is 5.64. The number of imide groups is 1. The summed E-state index contributed by atoms with van der Waals surface area (Å²) in [5.41, 5.74) is 0. The number of nitrogens with one attached hydrogen (secondary N) is 1. The summed E-state index contributed by atoms with van der Waals surface area (Å²) in [6.45, 7) is 0. The number of hydroxylamine groups is 3. The van der Waals surface area contributed by atoms with Crippen molar-refractivity contribution >= 4 is 25.1 Å². The molecular weight excluding hydrogens is 285 g/mol. The molecule has 4 amide bonds. The lowest BCUT2D eigenvalue weighted by molar-refractivity contribution is -1.09. The van der Waals surface area contributed by atoms with Crippen molar-refractivity contribution in [3.8, 4) is 0 Å². The Morgan fingerprint density at radius 1 is 1.20 bits per heavy atom. The molecule has 0 aliphatic carbocycles. The Kier molecular flexibility index (Phi) is 6.13. The van der Waals surface area contributed by atoms with E-state index in [1.54, 1.807) is 26.0 Å². The monoisotopic (exact) mass is 302 g/mol. The molecule has 0 unspecified atom stereocenters. The van der Waals surface area contributed by atoms with E-state index in [1.165, 1.54) is 7.05 Å². The van der Waals surface area contributed by atoms with Crippen molar-refractivity contribution in [1.29, 1.82) is 0 Å². The fourth-order valence-corrected chi connectivity index (χ4v) is 1.41. The number of hydrogen-bond acceptors (Lipinski definition) is 2. The third-order valence-corrected chi connectivity index (χ3v) is 2.39. The Bertz CT molecular complexity index is 390. The average Bonchev–Trinajstić information content (AvgIpc) is 2.52. The van der Waals surface area contributed by atoms with Gasteiger partial charge in [0.15, 0.2) is 11.7 Å². The van der Waals surface area contributed by atoms with Crippen molar-refractivity contribution in [2.45, 2.75) is 12.8 Å². The molecule has 1 aliphatic heterocycles. The Morgan fingerprint density at radius 2 is 1.55 bits per heavy atom. The van der Waals surface area contributed by atoms with Gasteiger partial charge in [0.1, 0.15) is 0 Å². The van der Waals surface area contributed by atoms with Crippen LogP contribution >= 0.6 is 0 Å². The maximum absolute atomic E-state index is 11.5. The third kappa shape index (κ3) is 5.55. The standard InChI is InChI=1S/C9H17N3O3.BF4/c1-10-9(11(2)3)15-12(4)7(13)5-6-8(12)14;2-1(3,4)5/h10H,5-6H2,1-4H3;/q+2;-1. The third-order valence-electron chi connectivity index (χ3n) is 2.39. The van der Waals surface area contributed by atoms with Gasteiger partial charge in [0.05, 0.1) is 12.8 Å². The van der Waals surface area contributed by atoms with Crippen LogP contribution in [0.2, 0.25) is 0 Å². The van der Waals surface area contributed by atoms with Crippen LogP contribution in [0, 0.1) is 0 Å². The first-order chi connectivity index (χ1) is 8.91. The maximum Gasteiger partial charge on any atom is 0.673 e. The summed E-state index contributed by atoms with van der Waals surface area (Å²) in [5.74, 6) is -0.427. The van der Waals surface area contributed by atoms with E-state index in [-0.39, 0.29) is 24.7 Å². The predicted molar refractivity (Wildman–Crippen MR) is 63.8 cm³/mol. The highest BCUT2D eigenvalue weighted by Gasteiger charge is 2.58. The molecule has 1 heterocycles. The molecule has 1 fully saturated rings. The largest absolute Gasteiger partial charge is 0.673 e. The quantitative estimate of drug-likeness (QED) is 0.257. The van der Waals surface area contributed by atoms with Crippen LogP contribution in [0.4, 0.5) is 21.8 Å². The number of likely N-dealkylation sites (tertiary alicyclic amines) is 1. The second-order valence-corrected chi connectivity index (χ2v) is 4.25. The molecule has 0 radical (unpaired) electrons. The zero-order chi connectivity index (χ0) is 16.1. The first kappa shape index (κ1) is 18.4. The topological polar surface area (TPSA) is 60.7 Å². The zero-order valence-corrected chi connectivity index (χ0v) is 11.6. The summed E-state index contributed by atoms with van der Waals surface area (Å²) in [6.07, 6.45) is 0.500. The highest BCUT2D eigenvalue weighted by Crippen LogP contribution is 2.24. The molecule has 0 saturated carbocycles. The minimum Gasteiger partial charge on any atom is -0.418 e. The van der Waals surface area contributed by atoms with Crippen LogP contribution in [-0.2, 0) is 9.59 Å². The summed E-state index contributed by atoms with van der Waals surface area (Å²) in [5, 5.41) is 2.80. The lowest BCUT2D eigenvalue weighted by Gasteiger charge is -2.07. The second kappa shape index (κ2) is 6.68. The molecule has 11 heteroatoms. The lowest BCUT2D eigenvalue weighted by atomic mass is 10.3. The summed E-state index contributed by atoms with van der Waals surface area (Å²) in [6, 6.07) is 0.390. The van der Waals surface area contributed by atoms with Gasteiger partial charge in [0.25, 0.3) is 0 Å². The molecule has 0 aromatic carbocycles. The van der Waals surface area contributed by atoms with E-state index >= 15 is 0 Å². The highest BCUT2D eigenvalue weighted by molar-refractivity contribution is 6.50. The van der Waals surface area contributed by atoms with Crippen molar-refractivity contribution in [2.75, 3.05) is 28.2 Å². The van der Waals surface area contributed by atoms with Crippen LogP contribution in [0.5, 0.6) is 0 Å². The highest BCUT2D eigenvalue weighted by atomic mass is 19.5. The van der Waals surface area contributed by atoms with E-state index in [0.29, 0.717) is 6.03 Å². The number of quaternary nitrogens is 1. The van der Waals surface area contributed by atoms with Crippen molar-refractivity contribution in [3.05, 3.63) is 0 Å². The van der Waals surface area contributed by atoms with Gasteiger partial charge in [-0.1, -0.05) is 0 Å². The fraction of sp³-hybridized carbons (Fsp3) is 0.667. The van der Waals surface area contributed by atoms with Crippen molar-refractivity contribution in [3.63, 3.8) is 0 Å². The maximum atomic E-state index is 11.5. The number of carbonyl (C=O) groups is 2. The van der Waals surface area contributed by atoms with Gasteiger partial charge in [0.2, 0.25) is 0 Å². The Hall–Kier alpha value is -1.65. The molecular formula is C9H17BF4N3O3+. The minimum absolute atomic E-state index is 0.213. The van der Waals surface area contributed by atoms with E-state index in [0.717, 1.165) is 0 Å². The molecule has 20 heavy (non-hydrogen) atoms. The number of nitrogens with zero attached hydrogens (tertiary/aromatic N) is 2. The van der Waals surface area contributed by atoms with Crippen LogP contribution in [0.25, 0.3) is 0 Å². The molecule has 0 spiro atoms. The predicted octanol–water partition coefficient (Wildman–Crippen LogP) is 0.932. The minimum atomic E-state index is -6.00. The molecule has 1 rings (SSSR count). The molecule has 1 N–H and O–H groups in total. The number of amides is 4. The molecule has 1 saturated heterocycles. The van der Waals surface area contributed by atoms with E-state index in [4.69, 9.17) is 4.53 Å². The van der Waals surface area contributed by atoms with E-state index in [1.807, 2.05) is 0 Å². The molecule has 6 nitrogen and oxygen atoms in total. The molecule has 0 atom stereocenters. The Balaban J connectivity index is 0.000000621. The van der Waals surface area contributed by atoms with E-state index < -0.39 is 11.9 Å². The van der Waals surface area contributed by atoms with Gasteiger partial charge < -0.3 is 17.3 Å². The smallest absolute Gasteiger partial charge is 0.418 e. The van der Waals surface area contributed by atoms with E-state index in [2.05, 4.69) is 5.32 Å². The summed E-state index contributed by atoms with van der Waals surface area (Å²) < 4.78 is 43.8. The second-order valence-electron chi connectivity index (χ2n) is 4.25. The van der Waals surface area contributed by atoms with Gasteiger partial charge in [-0.2, -0.15) is 0 Å². The van der Waals surface area contributed by atoms with Gasteiger partial charge in [-0.25, -0.2) is 9.59 Å². The van der Waals surface area contributed by atoms with Crippen LogP contribution in [0.3, 0.4) is 0 Å². The van der Waals surface area contributed by atoms with Crippen LogP contribution in [0.15, 0.2) is 0 Å². The number of hydrogen-bond donors (Lipinski definition) is 1. The number of carbonyl (C=O) groups excluding carboxylic acids is 3. The van der Waals surface area contributed by atoms with Gasteiger partial charge >= 0.3 is 25.1 Å². The Labute approximate surface area is 113 Å². The van der Waals surface area contributed by atoms with Crippen LogP contribution in [0.1, 0.15) is 12.8 Å². The van der Waals surface area contributed by atoms with Gasteiger partial charge in [-0.05, 0) is 0 Å². The van der Waals surface area contributed by atoms with Crippen LogP contribution in [-0.4, -0.2) is 62.8 Å². The van der Waals surface area contributed by atoms with Crippen LogP contribution < -0.4 is 5.32 Å². The normalized spacial score (nSPS) is 18.5. The fourth-order valence-electron chi connectivity index (χ4n) is 1.41.